The van der Waals surface area contributed by atoms with Gasteiger partial charge < -0.3 is 19.9 Å². The lowest BCUT2D eigenvalue weighted by Crippen LogP contribution is -3.10. The fourth-order valence-corrected chi connectivity index (χ4v) is 2.86. The highest BCUT2D eigenvalue weighted by molar-refractivity contribution is 5.91. The number of ether oxygens (including phenoxy) is 1. The highest BCUT2D eigenvalue weighted by Crippen LogP contribution is 2.16. The summed E-state index contributed by atoms with van der Waals surface area (Å²) in [7, 11) is 3.48. The van der Waals surface area contributed by atoms with Gasteiger partial charge in [0.15, 0.2) is 12.4 Å². The number of para-hydroxylation sites is 1. The van der Waals surface area contributed by atoms with Gasteiger partial charge in [-0.2, -0.15) is 0 Å². The van der Waals surface area contributed by atoms with Crippen LogP contribution in [-0.2, 0) is 4.79 Å². The molecule has 2 atom stereocenters. The normalized spacial score (nSPS) is 13.1. The maximum Gasteiger partial charge on any atom is 0.279 e. The van der Waals surface area contributed by atoms with Crippen molar-refractivity contribution in [3.8, 4) is 5.75 Å². The molecule has 140 valence electrons. The van der Waals surface area contributed by atoms with E-state index in [1.54, 1.807) is 19.2 Å². The monoisotopic (exact) mass is 367 g/mol. The molecule has 2 aromatic carbocycles. The highest BCUT2D eigenvalue weighted by atomic mass is 16.5. The number of likely N-dealkylation sites (N-methyl/N-ethyl adjacent to an activating group) is 1. The van der Waals surface area contributed by atoms with Crippen LogP contribution in [0, 0.1) is 0 Å². The van der Waals surface area contributed by atoms with E-state index in [1.807, 2.05) is 50.4 Å². The van der Waals surface area contributed by atoms with Crippen LogP contribution in [0.15, 0.2) is 53.3 Å². The Morgan fingerprint density at radius 3 is 2.81 bits per heavy atom. The van der Waals surface area contributed by atoms with Gasteiger partial charge in [0.2, 0.25) is 0 Å². The van der Waals surface area contributed by atoms with Crippen molar-refractivity contribution in [3.63, 3.8) is 0 Å². The molecule has 1 unspecified atom stereocenters. The number of aromatic amines is 1. The van der Waals surface area contributed by atoms with E-state index in [-0.39, 0.29) is 24.1 Å². The molecule has 1 amide bonds. The number of fused-ring (bicyclic) bond motifs is 1. The molecular formula is C20H23N4O3+. The van der Waals surface area contributed by atoms with Gasteiger partial charge in [-0.25, -0.2) is 4.98 Å². The quantitative estimate of drug-likeness (QED) is 0.610. The summed E-state index contributed by atoms with van der Waals surface area (Å²) in [4.78, 5) is 32.9. The molecule has 0 bridgehead atoms. The Morgan fingerprint density at radius 1 is 1.26 bits per heavy atom. The van der Waals surface area contributed by atoms with E-state index in [4.69, 9.17) is 4.74 Å². The summed E-state index contributed by atoms with van der Waals surface area (Å²) < 4.78 is 5.16. The van der Waals surface area contributed by atoms with Gasteiger partial charge in [0.25, 0.3) is 11.5 Å². The first-order chi connectivity index (χ1) is 13.0. The Labute approximate surface area is 157 Å². The van der Waals surface area contributed by atoms with Crippen molar-refractivity contribution in [2.45, 2.75) is 13.0 Å². The van der Waals surface area contributed by atoms with E-state index in [0.717, 1.165) is 4.90 Å². The number of carbonyl (C=O) groups excluding carboxylic acids is 1. The molecule has 0 aliphatic heterocycles. The van der Waals surface area contributed by atoms with Crippen LogP contribution in [0.4, 0.5) is 5.69 Å². The topological polar surface area (TPSA) is 88.5 Å². The summed E-state index contributed by atoms with van der Waals surface area (Å²) in [6.07, 6.45) is 0. The molecule has 1 heterocycles. The minimum absolute atomic E-state index is 0.129. The molecule has 0 saturated carbocycles. The van der Waals surface area contributed by atoms with Crippen molar-refractivity contribution in [1.29, 1.82) is 0 Å². The van der Waals surface area contributed by atoms with Gasteiger partial charge in [-0.3, -0.25) is 9.59 Å². The molecule has 7 nitrogen and oxygen atoms in total. The first kappa shape index (κ1) is 18.6. The van der Waals surface area contributed by atoms with Crippen LogP contribution in [0.25, 0.3) is 10.9 Å². The lowest BCUT2D eigenvalue weighted by Gasteiger charge is -2.20. The van der Waals surface area contributed by atoms with Crippen molar-refractivity contribution in [2.24, 2.45) is 0 Å². The number of carbonyl (C=O) groups is 1. The third-order valence-corrected chi connectivity index (χ3v) is 4.57. The molecule has 3 rings (SSSR count). The SMILES string of the molecule is COc1cccc(NC(=O)C[NH+](C)[C@@H](C)c2nc3ccccc3c(=O)[nH]2)c1. The third-order valence-electron chi connectivity index (χ3n) is 4.57. The molecule has 3 aromatic rings. The van der Waals surface area contributed by atoms with E-state index < -0.39 is 0 Å². The van der Waals surface area contributed by atoms with Crippen LogP contribution in [0.2, 0.25) is 0 Å². The zero-order valence-electron chi connectivity index (χ0n) is 15.6. The predicted octanol–water partition coefficient (Wildman–Crippen LogP) is 1.15. The Morgan fingerprint density at radius 2 is 2.04 bits per heavy atom. The Hall–Kier alpha value is -3.19. The number of methoxy groups -OCH3 is 1. The number of hydrogen-bond donors (Lipinski definition) is 3. The Bertz CT molecular complexity index is 1020. The standard InChI is InChI=1S/C20H22N4O3/c1-13(19-22-17-10-5-4-9-16(17)20(26)23-19)24(2)12-18(25)21-14-7-6-8-15(11-14)27-3/h4-11,13H,12H2,1-3H3,(H,21,25)(H,22,23,26)/p+1/t13-/m0/s1. The van der Waals surface area contributed by atoms with Crippen LogP contribution in [-0.4, -0.2) is 36.6 Å². The number of nitrogens with zero attached hydrogens (tertiary/aromatic N) is 1. The summed E-state index contributed by atoms with van der Waals surface area (Å²) in [5.41, 5.74) is 1.16. The summed E-state index contributed by atoms with van der Waals surface area (Å²) in [5, 5.41) is 3.42. The maximum absolute atomic E-state index is 12.4. The number of benzene rings is 2. The minimum atomic E-state index is -0.170. The van der Waals surface area contributed by atoms with Crippen molar-refractivity contribution >= 4 is 22.5 Å². The number of H-pyrrole nitrogens is 1. The Kier molecular flexibility index (Phi) is 5.52. The fraction of sp³-hybridized carbons (Fsp3) is 0.250. The number of amides is 1. The Balaban J connectivity index is 1.70. The van der Waals surface area contributed by atoms with Gasteiger partial charge >= 0.3 is 0 Å². The molecule has 3 N–H and O–H groups in total. The average molecular weight is 367 g/mol. The molecule has 0 radical (unpaired) electrons. The van der Waals surface area contributed by atoms with Crippen LogP contribution >= 0.6 is 0 Å². The second-order valence-corrected chi connectivity index (χ2v) is 6.49. The van der Waals surface area contributed by atoms with Gasteiger partial charge in [-0.05, 0) is 31.2 Å². The van der Waals surface area contributed by atoms with Crippen molar-refractivity contribution in [1.82, 2.24) is 9.97 Å². The first-order valence-electron chi connectivity index (χ1n) is 8.73. The number of rotatable bonds is 6. The molecule has 27 heavy (non-hydrogen) atoms. The van der Waals surface area contributed by atoms with Gasteiger partial charge in [0.05, 0.1) is 25.1 Å². The molecule has 0 fully saturated rings. The largest absolute Gasteiger partial charge is 0.497 e. The molecule has 0 aliphatic rings. The summed E-state index contributed by atoms with van der Waals surface area (Å²) in [6, 6.07) is 14.3. The smallest absolute Gasteiger partial charge is 0.279 e. The third kappa shape index (κ3) is 4.32. The fourth-order valence-electron chi connectivity index (χ4n) is 2.86. The molecule has 0 saturated heterocycles. The van der Waals surface area contributed by atoms with E-state index in [1.165, 1.54) is 0 Å². The molecule has 0 aliphatic carbocycles. The minimum Gasteiger partial charge on any atom is -0.497 e. The van der Waals surface area contributed by atoms with Crippen LogP contribution in [0.3, 0.4) is 0 Å². The van der Waals surface area contributed by atoms with Gasteiger partial charge in [0.1, 0.15) is 11.8 Å². The van der Waals surface area contributed by atoms with Gasteiger partial charge in [-0.1, -0.05) is 18.2 Å². The van der Waals surface area contributed by atoms with Crippen LogP contribution in [0.1, 0.15) is 18.8 Å². The maximum atomic E-state index is 12.4. The number of anilines is 1. The molecule has 1 aromatic heterocycles. The van der Waals surface area contributed by atoms with E-state index >= 15 is 0 Å². The molecular weight excluding hydrogens is 344 g/mol. The summed E-state index contributed by atoms with van der Waals surface area (Å²) >= 11 is 0. The zero-order chi connectivity index (χ0) is 19.4. The second kappa shape index (κ2) is 8.01. The second-order valence-electron chi connectivity index (χ2n) is 6.49. The average Bonchev–Trinajstić information content (AvgIpc) is 2.67. The van der Waals surface area contributed by atoms with Crippen LogP contribution in [0.5, 0.6) is 5.75 Å². The number of aromatic nitrogens is 2. The predicted molar refractivity (Wildman–Crippen MR) is 104 cm³/mol. The molecule has 0 spiro atoms. The summed E-state index contributed by atoms with van der Waals surface area (Å²) in [5.74, 6) is 1.11. The summed E-state index contributed by atoms with van der Waals surface area (Å²) in [6.45, 7) is 2.16. The highest BCUT2D eigenvalue weighted by Gasteiger charge is 2.21. The van der Waals surface area contributed by atoms with Crippen molar-refractivity contribution in [2.75, 3.05) is 26.0 Å². The van der Waals surface area contributed by atoms with Crippen molar-refractivity contribution < 1.29 is 14.4 Å². The number of nitrogens with one attached hydrogen (secondary N) is 3. The first-order valence-corrected chi connectivity index (χ1v) is 8.73. The lowest BCUT2D eigenvalue weighted by atomic mass is 10.2. The van der Waals surface area contributed by atoms with E-state index in [9.17, 15) is 9.59 Å². The van der Waals surface area contributed by atoms with Gasteiger partial charge in [0, 0.05) is 11.8 Å². The zero-order valence-corrected chi connectivity index (χ0v) is 15.6. The van der Waals surface area contributed by atoms with Crippen LogP contribution < -0.4 is 20.5 Å². The lowest BCUT2D eigenvalue weighted by molar-refractivity contribution is -0.902. The van der Waals surface area contributed by atoms with E-state index in [2.05, 4.69) is 15.3 Å². The van der Waals surface area contributed by atoms with E-state index in [0.29, 0.717) is 28.2 Å². The molecule has 7 heteroatoms. The number of hydrogen-bond acceptors (Lipinski definition) is 4. The van der Waals surface area contributed by atoms with Gasteiger partial charge in [-0.15, -0.1) is 0 Å². The number of quaternary nitrogens is 1. The van der Waals surface area contributed by atoms with Crippen molar-refractivity contribution in [3.05, 3.63) is 64.7 Å².